The number of carboxylic acids is 1. The first-order valence-corrected chi connectivity index (χ1v) is 32.3. The molecule has 0 rings (SSSR count). The van der Waals surface area contributed by atoms with Crippen LogP contribution in [-0.2, 0) is 33.3 Å². The number of hydrogen-bond donors (Lipinski definition) is 1. The number of carboxylic acid groups (broad SMARTS) is 1. The lowest BCUT2D eigenvalue weighted by Gasteiger charge is -2.25. The van der Waals surface area contributed by atoms with Gasteiger partial charge in [0.05, 0.1) is 34.4 Å². The van der Waals surface area contributed by atoms with Crippen molar-refractivity contribution in [1.82, 2.24) is 0 Å². The van der Waals surface area contributed by atoms with E-state index >= 15 is 0 Å². The number of unbranched alkanes of at least 4 members (excludes halogenated alkanes) is 21. The van der Waals surface area contributed by atoms with Gasteiger partial charge in [-0.25, -0.2) is 4.79 Å². The topological polar surface area (TPSA) is 108 Å². The number of aliphatic carboxylic acids is 1. The molecule has 81 heavy (non-hydrogen) atoms. The van der Waals surface area contributed by atoms with Crippen molar-refractivity contribution in [2.45, 2.75) is 257 Å². The molecule has 0 spiro atoms. The van der Waals surface area contributed by atoms with Gasteiger partial charge in [-0.2, -0.15) is 0 Å². The Morgan fingerprint density at radius 1 is 0.383 bits per heavy atom. The summed E-state index contributed by atoms with van der Waals surface area (Å²) >= 11 is 0. The lowest BCUT2D eigenvalue weighted by molar-refractivity contribution is -0.870. The van der Waals surface area contributed by atoms with E-state index in [1.54, 1.807) is 0 Å². The molecule has 0 fully saturated rings. The summed E-state index contributed by atoms with van der Waals surface area (Å²) in [4.78, 5) is 37.5. The van der Waals surface area contributed by atoms with Crippen LogP contribution in [0.2, 0.25) is 0 Å². The molecule has 0 bridgehead atoms. The van der Waals surface area contributed by atoms with Gasteiger partial charge in [-0.1, -0.05) is 250 Å². The molecule has 9 heteroatoms. The fourth-order valence-corrected chi connectivity index (χ4v) is 8.45. The molecule has 2 atom stereocenters. The summed E-state index contributed by atoms with van der Waals surface area (Å²) in [5, 5.41) is 9.72. The van der Waals surface area contributed by atoms with Crippen LogP contribution in [0.25, 0.3) is 0 Å². The summed E-state index contributed by atoms with van der Waals surface area (Å²) < 4.78 is 22.9. The minimum atomic E-state index is -1.52. The van der Waals surface area contributed by atoms with Crippen LogP contribution in [-0.4, -0.2) is 87.4 Å². The van der Waals surface area contributed by atoms with Gasteiger partial charge in [-0.3, -0.25) is 9.59 Å². The molecule has 0 aromatic heterocycles. The summed E-state index contributed by atoms with van der Waals surface area (Å²) in [5.41, 5.74) is 0. The predicted octanol–water partition coefficient (Wildman–Crippen LogP) is 19.8. The third-order valence-electron chi connectivity index (χ3n) is 13.4. The average Bonchev–Trinajstić information content (AvgIpc) is 3.44. The maximum absolute atomic E-state index is 12.9. The monoisotopic (exact) mass is 1130 g/mol. The number of nitrogens with zero attached hydrogens (tertiary/aromatic N) is 1. The number of allylic oxidation sites excluding steroid dienone is 22. The third kappa shape index (κ3) is 62.9. The highest BCUT2D eigenvalue weighted by molar-refractivity contribution is 5.71. The summed E-state index contributed by atoms with van der Waals surface area (Å²) in [7, 11) is 5.96. The Morgan fingerprint density at radius 2 is 0.704 bits per heavy atom. The number of rotatable bonds is 58. The lowest BCUT2D eigenvalue weighted by Crippen LogP contribution is -2.40. The molecule has 9 nitrogen and oxygen atoms in total. The fourth-order valence-electron chi connectivity index (χ4n) is 8.45. The molecule has 0 radical (unpaired) electrons. The van der Waals surface area contributed by atoms with Gasteiger partial charge in [-0.05, 0) is 116 Å². The average molecular weight is 1130 g/mol. The molecule has 1 N–H and O–H groups in total. The van der Waals surface area contributed by atoms with Crippen LogP contribution in [0.5, 0.6) is 0 Å². The van der Waals surface area contributed by atoms with E-state index in [2.05, 4.69) is 148 Å². The first kappa shape index (κ1) is 76.4. The van der Waals surface area contributed by atoms with Crippen LogP contribution < -0.4 is 0 Å². The second-order valence-electron chi connectivity index (χ2n) is 22.3. The van der Waals surface area contributed by atoms with E-state index in [4.69, 9.17) is 18.9 Å². The minimum absolute atomic E-state index is 0.179. The zero-order valence-electron chi connectivity index (χ0n) is 52.4. The smallest absolute Gasteiger partial charge is 0.361 e. The van der Waals surface area contributed by atoms with Gasteiger partial charge in [0, 0.05) is 12.8 Å². The standard InChI is InChI=1S/C72H119NO8/c1-6-8-10-12-14-16-18-20-22-24-25-26-27-28-29-30-31-32-33-34-35-36-37-38-39-40-41-42-43-44-45-47-49-51-53-55-57-59-61-63-70(75)81-68(67-80-72(71(76)77)78-65-64-73(3,4)5)66-79-69(74)62-60-58-56-54-52-50-48-46-23-21-19-17-15-13-11-9-7-2/h8,10,14,16,20-23,25-26,28-29,31-32,34-35,37-38,40-41,43-44,68,72H,6-7,9,11-13,15,17-19,24,27,30,33,36,39,42,45-67H2,1-5H3/p+1/b10-8-,16-14-,22-20-,23-21-,26-25-,29-28-,32-31-,35-34-,38-37-,41-40-,44-43-. The fraction of sp³-hybridized carbons (Fsp3) is 0.653. The quantitative estimate of drug-likeness (QED) is 0.0211. The zero-order valence-corrected chi connectivity index (χ0v) is 52.4. The van der Waals surface area contributed by atoms with Gasteiger partial charge in [0.25, 0.3) is 6.29 Å². The summed E-state index contributed by atoms with van der Waals surface area (Å²) in [6.45, 7) is 4.74. The minimum Gasteiger partial charge on any atom is -0.477 e. The van der Waals surface area contributed by atoms with E-state index in [1.165, 1.54) is 89.9 Å². The first-order valence-electron chi connectivity index (χ1n) is 32.3. The second-order valence-corrected chi connectivity index (χ2v) is 22.3. The van der Waals surface area contributed by atoms with Crippen molar-refractivity contribution >= 4 is 17.9 Å². The highest BCUT2D eigenvalue weighted by Gasteiger charge is 2.25. The van der Waals surface area contributed by atoms with Crippen molar-refractivity contribution in [3.63, 3.8) is 0 Å². The van der Waals surface area contributed by atoms with E-state index in [0.29, 0.717) is 17.4 Å². The molecule has 0 aliphatic heterocycles. The SMILES string of the molecule is CC/C=C\C/C=C\C/C=C\C/C=C\C/C=C\C/C=C\C/C=C\C/C=C\C/C=C\C/C=C\CCCCCCCCCCC(=O)OC(COC(=O)CCCCCCCCC/C=C\CCCCCCCC)COC(OCC[N+](C)(C)C)C(=O)O. The summed E-state index contributed by atoms with van der Waals surface area (Å²) in [5.74, 6) is -2.03. The third-order valence-corrected chi connectivity index (χ3v) is 13.4. The van der Waals surface area contributed by atoms with Gasteiger partial charge in [0.15, 0.2) is 6.10 Å². The zero-order chi connectivity index (χ0) is 59.1. The first-order chi connectivity index (χ1) is 39.6. The number of hydrogen-bond acceptors (Lipinski definition) is 7. The van der Waals surface area contributed by atoms with Gasteiger partial charge in [0.1, 0.15) is 13.2 Å². The summed E-state index contributed by atoms with van der Waals surface area (Å²) in [6.07, 6.45) is 85.4. The highest BCUT2D eigenvalue weighted by atomic mass is 16.7. The molecule has 0 saturated heterocycles. The number of carbonyl (C=O) groups is 3. The van der Waals surface area contributed by atoms with Crippen LogP contribution in [0.1, 0.15) is 245 Å². The second kappa shape index (κ2) is 61.5. The normalized spacial score (nSPS) is 13.6. The van der Waals surface area contributed by atoms with Crippen LogP contribution >= 0.6 is 0 Å². The Morgan fingerprint density at radius 3 is 1.06 bits per heavy atom. The van der Waals surface area contributed by atoms with Crippen LogP contribution in [0.4, 0.5) is 0 Å². The number of esters is 2. The molecule has 0 saturated carbocycles. The van der Waals surface area contributed by atoms with Crippen LogP contribution in [0.15, 0.2) is 134 Å². The highest BCUT2D eigenvalue weighted by Crippen LogP contribution is 2.15. The van der Waals surface area contributed by atoms with Crippen LogP contribution in [0.3, 0.4) is 0 Å². The molecule has 460 valence electrons. The molecular formula is C72H120NO8+. The molecule has 0 aromatic rings. The number of likely N-dealkylation sites (N-methyl/N-ethyl adjacent to an activating group) is 1. The molecule has 2 unspecified atom stereocenters. The van der Waals surface area contributed by atoms with Crippen molar-refractivity contribution < 1.29 is 42.9 Å². The van der Waals surface area contributed by atoms with Gasteiger partial charge >= 0.3 is 17.9 Å². The van der Waals surface area contributed by atoms with Crippen molar-refractivity contribution in [1.29, 1.82) is 0 Å². The molecular weight excluding hydrogens is 1010 g/mol. The molecule has 0 aromatic carbocycles. The number of quaternary nitrogens is 1. The van der Waals surface area contributed by atoms with E-state index in [0.717, 1.165) is 122 Å². The number of carbonyl (C=O) groups excluding carboxylic acids is 2. The molecule has 0 amide bonds. The lowest BCUT2D eigenvalue weighted by atomic mass is 10.1. The maximum atomic E-state index is 12.9. The van der Waals surface area contributed by atoms with Gasteiger partial charge in [-0.15, -0.1) is 0 Å². The van der Waals surface area contributed by atoms with E-state index in [9.17, 15) is 19.5 Å². The van der Waals surface area contributed by atoms with E-state index < -0.39 is 24.3 Å². The Bertz CT molecular complexity index is 1790. The largest absolute Gasteiger partial charge is 0.477 e. The molecule has 0 aliphatic rings. The molecule has 0 heterocycles. The van der Waals surface area contributed by atoms with Gasteiger partial charge in [0.2, 0.25) is 0 Å². The van der Waals surface area contributed by atoms with Crippen molar-refractivity contribution in [2.75, 3.05) is 47.5 Å². The Labute approximate surface area is 497 Å². The predicted molar refractivity (Wildman–Crippen MR) is 345 cm³/mol. The Kier molecular flexibility index (Phi) is 58.0. The van der Waals surface area contributed by atoms with E-state index in [-0.39, 0.29) is 38.6 Å². The Hall–Kier alpha value is -4.57. The summed E-state index contributed by atoms with van der Waals surface area (Å²) in [6, 6.07) is 0. The van der Waals surface area contributed by atoms with E-state index in [1.807, 2.05) is 21.1 Å². The van der Waals surface area contributed by atoms with Crippen molar-refractivity contribution in [2.24, 2.45) is 0 Å². The maximum Gasteiger partial charge on any atom is 0.361 e. The molecule has 0 aliphatic carbocycles. The van der Waals surface area contributed by atoms with Crippen molar-refractivity contribution in [3.8, 4) is 0 Å². The van der Waals surface area contributed by atoms with Crippen LogP contribution in [0, 0.1) is 0 Å². The Balaban J connectivity index is 4.19. The van der Waals surface area contributed by atoms with Gasteiger partial charge < -0.3 is 28.5 Å². The number of ether oxygens (including phenoxy) is 4. The van der Waals surface area contributed by atoms with Crippen molar-refractivity contribution in [3.05, 3.63) is 134 Å².